The number of carbonyl (C=O) groups is 1. The number of aliphatic hydroxyl groups is 1. The van der Waals surface area contributed by atoms with E-state index in [4.69, 9.17) is 24.3 Å². The van der Waals surface area contributed by atoms with Crippen molar-refractivity contribution in [2.45, 2.75) is 63.7 Å². The molecule has 2 aromatic carbocycles. The van der Waals surface area contributed by atoms with E-state index in [2.05, 4.69) is 20.0 Å². The summed E-state index contributed by atoms with van der Waals surface area (Å²) in [6.45, 7) is 4.27. The lowest BCUT2D eigenvalue weighted by Crippen LogP contribution is -2.47. The minimum absolute atomic E-state index is 0.0200. The summed E-state index contributed by atoms with van der Waals surface area (Å²) in [7, 11) is -1.29. The number of hydrogen-bond acceptors (Lipinski definition) is 12. The summed E-state index contributed by atoms with van der Waals surface area (Å²) < 4.78 is 70.0. The minimum Gasteiger partial charge on any atom is -0.462 e. The molecule has 1 aliphatic heterocycles. The van der Waals surface area contributed by atoms with Crippen LogP contribution in [0.3, 0.4) is 0 Å². The Balaban J connectivity index is 1.46. The lowest BCUT2D eigenvalue weighted by molar-refractivity contribution is -0.202. The number of nitrogens with two attached hydrogens (primary N) is 1. The van der Waals surface area contributed by atoms with Crippen molar-refractivity contribution in [2.75, 3.05) is 31.3 Å². The molecule has 0 radical (unpaired) electrons. The summed E-state index contributed by atoms with van der Waals surface area (Å²) in [5.74, 6) is -3.80. The Kier molecular flexibility index (Phi) is 8.96. The maximum atomic E-state index is 16.5. The first-order chi connectivity index (χ1) is 21.5. The van der Waals surface area contributed by atoms with Crippen LogP contribution >= 0.6 is 7.75 Å². The largest absolute Gasteiger partial charge is 0.462 e. The fourth-order valence-electron chi connectivity index (χ4n) is 5.06. The van der Waals surface area contributed by atoms with Gasteiger partial charge in [-0.2, -0.15) is 15.1 Å². The number of benzene rings is 2. The zero-order valence-corrected chi connectivity index (χ0v) is 26.9. The first-order valence-electron chi connectivity index (χ1n) is 14.4. The zero-order chi connectivity index (χ0) is 33.6. The number of hydrogen-bond donors (Lipinski definition) is 3. The van der Waals surface area contributed by atoms with Crippen molar-refractivity contribution >= 4 is 47.4 Å². The van der Waals surface area contributed by atoms with E-state index in [1.807, 2.05) is 0 Å². The lowest BCUT2D eigenvalue weighted by atomic mass is 9.97. The van der Waals surface area contributed by atoms with Gasteiger partial charge in [0.2, 0.25) is 5.95 Å². The van der Waals surface area contributed by atoms with E-state index in [-0.39, 0.29) is 22.9 Å². The first kappa shape index (κ1) is 33.4. The minimum atomic E-state index is -4.67. The summed E-state index contributed by atoms with van der Waals surface area (Å²) >= 11 is 0. The van der Waals surface area contributed by atoms with Gasteiger partial charge in [0.15, 0.2) is 35.0 Å². The number of aromatic nitrogens is 4. The molecule has 0 spiro atoms. The van der Waals surface area contributed by atoms with Crippen LogP contribution in [-0.4, -0.2) is 81.1 Å². The van der Waals surface area contributed by atoms with Gasteiger partial charge >= 0.3 is 13.7 Å². The molecule has 4 N–H and O–H groups in total. The predicted octanol–water partition coefficient (Wildman–Crippen LogP) is 4.04. The van der Waals surface area contributed by atoms with Gasteiger partial charge < -0.3 is 29.7 Å². The summed E-state index contributed by atoms with van der Waals surface area (Å²) in [5, 5.41) is 14.7. The van der Waals surface area contributed by atoms with Gasteiger partial charge in [0.05, 0.1) is 12.4 Å². The van der Waals surface area contributed by atoms with Crippen molar-refractivity contribution in [1.29, 1.82) is 0 Å². The Hall–Kier alpha value is -3.95. The van der Waals surface area contributed by atoms with E-state index in [0.29, 0.717) is 11.2 Å². The molecule has 2 aromatic heterocycles. The molecule has 0 bridgehead atoms. The molecule has 0 amide bonds. The number of rotatable bonds is 11. The Morgan fingerprint density at radius 3 is 2.59 bits per heavy atom. The Bertz CT molecular complexity index is 1800. The van der Waals surface area contributed by atoms with Crippen LogP contribution in [0.2, 0.25) is 0 Å². The smallest absolute Gasteiger partial charge is 0.459 e. The summed E-state index contributed by atoms with van der Waals surface area (Å²) in [6.07, 6.45) is -3.60. The molecule has 0 saturated carbocycles. The van der Waals surface area contributed by atoms with Gasteiger partial charge in [-0.25, -0.2) is 18.3 Å². The Morgan fingerprint density at radius 1 is 1.20 bits per heavy atom. The second-order valence-electron chi connectivity index (χ2n) is 11.6. The molecule has 248 valence electrons. The van der Waals surface area contributed by atoms with Gasteiger partial charge in [-0.15, -0.1) is 0 Å². The highest BCUT2D eigenvalue weighted by atomic mass is 31.2. The predicted molar refractivity (Wildman–Crippen MR) is 166 cm³/mol. The van der Waals surface area contributed by atoms with Gasteiger partial charge in [0.1, 0.15) is 18.4 Å². The van der Waals surface area contributed by atoms with Crippen molar-refractivity contribution < 1.29 is 41.8 Å². The average molecular weight is 664 g/mol. The number of halogens is 2. The third kappa shape index (κ3) is 6.35. The first-order valence-corrected chi connectivity index (χ1v) is 15.9. The Morgan fingerprint density at radius 2 is 1.89 bits per heavy atom. The molecule has 1 unspecified atom stereocenters. The number of alkyl halides is 2. The number of imidazole rings is 1. The number of aliphatic hydroxyl groups excluding tert-OH is 1. The molecule has 1 fully saturated rings. The Labute approximate surface area is 263 Å². The fraction of sp³-hybridized carbons (Fsp3) is 0.448. The van der Waals surface area contributed by atoms with Crippen LogP contribution in [0.25, 0.3) is 21.9 Å². The number of carbonyl (C=O) groups excluding carboxylic acids is 1. The van der Waals surface area contributed by atoms with Gasteiger partial charge in [-0.05, 0) is 39.1 Å². The third-order valence-corrected chi connectivity index (χ3v) is 8.90. The molecule has 6 atom stereocenters. The average Bonchev–Trinajstić information content (AvgIpc) is 3.47. The van der Waals surface area contributed by atoms with Crippen LogP contribution in [-0.2, 0) is 23.4 Å². The van der Waals surface area contributed by atoms with Crippen LogP contribution in [0.4, 0.5) is 20.5 Å². The highest BCUT2D eigenvalue weighted by Crippen LogP contribution is 2.52. The topological polar surface area (TPSA) is 176 Å². The van der Waals surface area contributed by atoms with Crippen LogP contribution < -0.4 is 20.2 Å². The molecule has 4 aromatic rings. The molecule has 5 rings (SSSR count). The SMILES string of the molecule is CC(C)OC(=O)[C@@H](C)NP(=O)(OC[C@@]1(F)O[C@@H](n2cnc3c(N(C)C)nc(N)nc32)[C@](C)(F)[C@@H]1O)Oc1cccc2ccccc12. The molecule has 1 saturated heterocycles. The monoisotopic (exact) mass is 663 g/mol. The molecule has 1 aliphatic rings. The van der Waals surface area contributed by atoms with Gasteiger partial charge in [0.25, 0.3) is 5.85 Å². The highest BCUT2D eigenvalue weighted by molar-refractivity contribution is 7.52. The lowest BCUT2D eigenvalue weighted by Gasteiger charge is -2.28. The molecule has 46 heavy (non-hydrogen) atoms. The van der Waals surface area contributed by atoms with E-state index >= 15 is 8.78 Å². The van der Waals surface area contributed by atoms with Gasteiger partial charge in [-0.1, -0.05) is 36.4 Å². The summed E-state index contributed by atoms with van der Waals surface area (Å²) in [5.41, 5.74) is 3.32. The van der Waals surface area contributed by atoms with Crippen LogP contribution in [0, 0.1) is 0 Å². The van der Waals surface area contributed by atoms with E-state index in [0.717, 1.165) is 23.2 Å². The summed E-state index contributed by atoms with van der Waals surface area (Å²) in [4.78, 5) is 26.7. The van der Waals surface area contributed by atoms with Gasteiger partial charge in [0, 0.05) is 19.5 Å². The van der Waals surface area contributed by atoms with Crippen molar-refractivity contribution in [1.82, 2.24) is 24.6 Å². The highest BCUT2D eigenvalue weighted by Gasteiger charge is 2.65. The van der Waals surface area contributed by atoms with Crippen molar-refractivity contribution in [3.8, 4) is 5.75 Å². The maximum absolute atomic E-state index is 16.5. The quantitative estimate of drug-likeness (QED) is 0.155. The van der Waals surface area contributed by atoms with Crippen LogP contribution in [0.15, 0.2) is 48.8 Å². The number of nitrogens with one attached hydrogen (secondary N) is 1. The summed E-state index contributed by atoms with van der Waals surface area (Å²) in [6, 6.07) is 10.7. The number of fused-ring (bicyclic) bond motifs is 2. The number of esters is 1. The van der Waals surface area contributed by atoms with Gasteiger partial charge in [-0.3, -0.25) is 13.9 Å². The van der Waals surface area contributed by atoms with Crippen LogP contribution in [0.5, 0.6) is 5.75 Å². The second kappa shape index (κ2) is 12.3. The number of ether oxygens (including phenoxy) is 2. The van der Waals surface area contributed by atoms with Crippen molar-refractivity contribution in [2.24, 2.45) is 0 Å². The number of nitrogens with zero attached hydrogens (tertiary/aromatic N) is 5. The zero-order valence-electron chi connectivity index (χ0n) is 26.0. The molecule has 0 aliphatic carbocycles. The van der Waals surface area contributed by atoms with E-state index in [9.17, 15) is 14.5 Å². The maximum Gasteiger partial charge on any atom is 0.459 e. The molecule has 3 heterocycles. The third-order valence-electron chi connectivity index (χ3n) is 7.29. The van der Waals surface area contributed by atoms with E-state index < -0.39 is 56.3 Å². The normalized spacial score (nSPS) is 25.1. The molecular formula is C29H36F2N7O7P. The number of anilines is 2. The second-order valence-corrected chi connectivity index (χ2v) is 13.3. The standard InChI is InChI=1S/C29H36F2N7O7P/c1-16(2)43-24(39)17(3)36-46(41,45-20-13-9-11-18-10-7-8-12-19(18)20)42-14-29(31)25(40)28(4,30)26(44-29)38-15-33-21-22(37(5)6)34-27(32)35-23(21)38/h7-13,15-17,25-26,40H,14H2,1-6H3,(H,36,41)(H2,32,34,35)/t17-,25+,26-,28-,29-,46?/m1/s1. The van der Waals surface area contributed by atoms with Crippen molar-refractivity contribution in [3.05, 3.63) is 48.8 Å². The van der Waals surface area contributed by atoms with Crippen molar-refractivity contribution in [3.63, 3.8) is 0 Å². The molecule has 14 nitrogen and oxygen atoms in total. The van der Waals surface area contributed by atoms with E-state index in [1.165, 1.54) is 13.0 Å². The van der Waals surface area contributed by atoms with Crippen LogP contribution in [0.1, 0.15) is 33.9 Å². The fourth-order valence-corrected chi connectivity index (χ4v) is 6.58. The molecular weight excluding hydrogens is 627 g/mol. The number of nitrogen functional groups attached to an aromatic ring is 1. The molecule has 17 heteroatoms. The van der Waals surface area contributed by atoms with E-state index in [1.54, 1.807) is 69.2 Å².